The van der Waals surface area contributed by atoms with Gasteiger partial charge < -0.3 is 23.8 Å². The molecule has 30 heavy (non-hydrogen) atoms. The number of carbonyl (C=O) groups excluding carboxylic acids is 1. The van der Waals surface area contributed by atoms with Crippen LogP contribution in [0, 0.1) is 0 Å². The Morgan fingerprint density at radius 1 is 1.03 bits per heavy atom. The highest BCUT2D eigenvalue weighted by molar-refractivity contribution is 5.96. The van der Waals surface area contributed by atoms with E-state index in [9.17, 15) is 4.79 Å². The Kier molecular flexibility index (Phi) is 4.54. The van der Waals surface area contributed by atoms with Crippen molar-refractivity contribution >= 4 is 17.3 Å². The lowest BCUT2D eigenvalue weighted by molar-refractivity contribution is -0.117. The van der Waals surface area contributed by atoms with Gasteiger partial charge in [0.25, 0.3) is 5.89 Å². The summed E-state index contributed by atoms with van der Waals surface area (Å²) in [4.78, 5) is 21.0. The summed E-state index contributed by atoms with van der Waals surface area (Å²) in [5, 5.41) is 4.14. The number of benzene rings is 2. The number of hydrogen-bond acceptors (Lipinski definition) is 7. The highest BCUT2D eigenvalue weighted by Crippen LogP contribution is 2.37. The molecule has 0 saturated carbocycles. The first-order chi connectivity index (χ1) is 14.6. The highest BCUT2D eigenvalue weighted by Gasteiger charge is 2.35. The van der Waals surface area contributed by atoms with Crippen LogP contribution in [0.1, 0.15) is 18.2 Å². The van der Waals surface area contributed by atoms with E-state index in [1.807, 2.05) is 61.5 Å². The van der Waals surface area contributed by atoms with Crippen LogP contribution in [0.5, 0.6) is 11.5 Å². The zero-order chi connectivity index (χ0) is 20.7. The Bertz CT molecular complexity index is 1080. The molecule has 0 N–H and O–H groups in total. The van der Waals surface area contributed by atoms with Gasteiger partial charge >= 0.3 is 0 Å². The molecule has 2 aliphatic heterocycles. The number of fused-ring (bicyclic) bond motifs is 1. The molecule has 5 rings (SSSR count). The van der Waals surface area contributed by atoms with Crippen LogP contribution < -0.4 is 19.3 Å². The summed E-state index contributed by atoms with van der Waals surface area (Å²) in [5.74, 6) is 2.28. The number of anilines is 2. The molecule has 0 bridgehead atoms. The van der Waals surface area contributed by atoms with Crippen molar-refractivity contribution in [1.29, 1.82) is 0 Å². The Hall–Kier alpha value is -3.55. The first-order valence-corrected chi connectivity index (χ1v) is 9.90. The van der Waals surface area contributed by atoms with E-state index in [-0.39, 0.29) is 11.8 Å². The maximum Gasteiger partial charge on any atom is 0.257 e. The molecule has 1 fully saturated rings. The van der Waals surface area contributed by atoms with Gasteiger partial charge in [-0.2, -0.15) is 4.98 Å². The monoisotopic (exact) mass is 406 g/mol. The van der Waals surface area contributed by atoms with E-state index >= 15 is 0 Å². The van der Waals surface area contributed by atoms with Crippen LogP contribution in [0.15, 0.2) is 47.0 Å². The minimum absolute atomic E-state index is 0.0263. The summed E-state index contributed by atoms with van der Waals surface area (Å²) in [5.41, 5.74) is 2.73. The Labute approximate surface area is 174 Å². The SMILES string of the molecule is CN(C)c1ccc(-c2nc(C3CC(=O)N(c4ccc5c(c4)OCCO5)C3)no2)cc1. The van der Waals surface area contributed by atoms with Gasteiger partial charge in [0.2, 0.25) is 5.91 Å². The third-order valence-electron chi connectivity index (χ3n) is 5.40. The van der Waals surface area contributed by atoms with Gasteiger partial charge in [0, 0.05) is 56.0 Å². The number of carbonyl (C=O) groups is 1. The van der Waals surface area contributed by atoms with Crippen molar-refractivity contribution in [3.8, 4) is 23.0 Å². The lowest BCUT2D eigenvalue weighted by Crippen LogP contribution is -2.25. The van der Waals surface area contributed by atoms with E-state index in [4.69, 9.17) is 14.0 Å². The molecule has 1 atom stereocenters. The van der Waals surface area contributed by atoms with E-state index in [1.165, 1.54) is 0 Å². The number of rotatable bonds is 4. The minimum Gasteiger partial charge on any atom is -0.486 e. The molecule has 1 aromatic heterocycles. The molecule has 1 unspecified atom stereocenters. The third-order valence-corrected chi connectivity index (χ3v) is 5.40. The fourth-order valence-electron chi connectivity index (χ4n) is 3.75. The highest BCUT2D eigenvalue weighted by atomic mass is 16.6. The summed E-state index contributed by atoms with van der Waals surface area (Å²) < 4.78 is 16.7. The van der Waals surface area contributed by atoms with Crippen molar-refractivity contribution < 1.29 is 18.8 Å². The molecular formula is C22H22N4O4. The van der Waals surface area contributed by atoms with Crippen LogP contribution in [0.4, 0.5) is 11.4 Å². The van der Waals surface area contributed by atoms with E-state index in [1.54, 1.807) is 4.90 Å². The molecule has 1 amide bonds. The summed E-state index contributed by atoms with van der Waals surface area (Å²) in [6, 6.07) is 13.5. The van der Waals surface area contributed by atoms with Crippen molar-refractivity contribution in [3.05, 3.63) is 48.3 Å². The van der Waals surface area contributed by atoms with E-state index in [0.29, 0.717) is 49.4 Å². The second kappa shape index (κ2) is 7.37. The van der Waals surface area contributed by atoms with Gasteiger partial charge in [-0.3, -0.25) is 4.79 Å². The summed E-state index contributed by atoms with van der Waals surface area (Å²) >= 11 is 0. The number of nitrogens with zero attached hydrogens (tertiary/aromatic N) is 4. The molecule has 2 aliphatic rings. The fraction of sp³-hybridized carbons (Fsp3) is 0.318. The molecule has 1 saturated heterocycles. The van der Waals surface area contributed by atoms with Gasteiger partial charge in [0.1, 0.15) is 13.2 Å². The predicted octanol–water partition coefficient (Wildman–Crippen LogP) is 3.09. The fourth-order valence-corrected chi connectivity index (χ4v) is 3.75. The van der Waals surface area contributed by atoms with Crippen molar-refractivity contribution in [1.82, 2.24) is 10.1 Å². The number of ether oxygens (including phenoxy) is 2. The second-order valence-corrected chi connectivity index (χ2v) is 7.63. The van der Waals surface area contributed by atoms with E-state index < -0.39 is 0 Å². The average Bonchev–Trinajstić information content (AvgIpc) is 3.40. The van der Waals surface area contributed by atoms with Crippen LogP contribution in [-0.2, 0) is 4.79 Å². The zero-order valence-corrected chi connectivity index (χ0v) is 16.9. The molecule has 0 spiro atoms. The largest absolute Gasteiger partial charge is 0.486 e. The predicted molar refractivity (Wildman–Crippen MR) is 111 cm³/mol. The van der Waals surface area contributed by atoms with Gasteiger partial charge in [0.15, 0.2) is 17.3 Å². The summed E-state index contributed by atoms with van der Waals surface area (Å²) in [6.45, 7) is 1.54. The van der Waals surface area contributed by atoms with Crippen molar-refractivity contribution in [3.63, 3.8) is 0 Å². The summed E-state index contributed by atoms with van der Waals surface area (Å²) in [6.07, 6.45) is 0.340. The lowest BCUT2D eigenvalue weighted by atomic mass is 10.1. The molecule has 0 aliphatic carbocycles. The van der Waals surface area contributed by atoms with Crippen LogP contribution >= 0.6 is 0 Å². The Balaban J connectivity index is 1.33. The second-order valence-electron chi connectivity index (χ2n) is 7.63. The molecule has 8 heteroatoms. The van der Waals surface area contributed by atoms with Gasteiger partial charge in [0.05, 0.1) is 0 Å². The van der Waals surface area contributed by atoms with Crippen molar-refractivity contribution in [2.24, 2.45) is 0 Å². The quantitative estimate of drug-likeness (QED) is 0.659. The normalized spacial score (nSPS) is 18.0. The molecule has 154 valence electrons. The van der Waals surface area contributed by atoms with Gasteiger partial charge in [-0.1, -0.05) is 5.16 Å². The first-order valence-electron chi connectivity index (χ1n) is 9.90. The number of aromatic nitrogens is 2. The van der Waals surface area contributed by atoms with Gasteiger partial charge in [-0.05, 0) is 36.4 Å². The Morgan fingerprint density at radius 3 is 2.57 bits per heavy atom. The Morgan fingerprint density at radius 2 is 1.80 bits per heavy atom. The van der Waals surface area contributed by atoms with Crippen LogP contribution in [0.3, 0.4) is 0 Å². The molecule has 3 aromatic rings. The molecular weight excluding hydrogens is 384 g/mol. The van der Waals surface area contributed by atoms with Crippen LogP contribution in [-0.4, -0.2) is 49.9 Å². The lowest BCUT2D eigenvalue weighted by Gasteiger charge is -2.22. The van der Waals surface area contributed by atoms with E-state index in [2.05, 4.69) is 10.1 Å². The van der Waals surface area contributed by atoms with E-state index in [0.717, 1.165) is 16.9 Å². The first kappa shape index (κ1) is 18.5. The third kappa shape index (κ3) is 3.34. The summed E-state index contributed by atoms with van der Waals surface area (Å²) in [7, 11) is 3.98. The topological polar surface area (TPSA) is 80.9 Å². The number of amides is 1. The molecule has 8 nitrogen and oxygen atoms in total. The van der Waals surface area contributed by atoms with Crippen molar-refractivity contribution in [2.75, 3.05) is 43.7 Å². The average molecular weight is 406 g/mol. The maximum absolute atomic E-state index is 12.7. The zero-order valence-electron chi connectivity index (χ0n) is 16.9. The standard InChI is InChI=1S/C22H22N4O4/c1-25(2)16-5-3-14(4-6-16)22-23-21(24-30-22)15-11-20(27)26(13-15)17-7-8-18-19(12-17)29-10-9-28-18/h3-8,12,15H,9-11,13H2,1-2H3. The smallest absolute Gasteiger partial charge is 0.257 e. The molecule has 2 aromatic carbocycles. The number of hydrogen-bond donors (Lipinski definition) is 0. The molecule has 3 heterocycles. The van der Waals surface area contributed by atoms with Gasteiger partial charge in [-0.25, -0.2) is 0 Å². The van der Waals surface area contributed by atoms with Crippen LogP contribution in [0.2, 0.25) is 0 Å². The van der Waals surface area contributed by atoms with Crippen molar-refractivity contribution in [2.45, 2.75) is 12.3 Å². The van der Waals surface area contributed by atoms with Crippen LogP contribution in [0.25, 0.3) is 11.5 Å². The minimum atomic E-state index is -0.121. The van der Waals surface area contributed by atoms with Gasteiger partial charge in [-0.15, -0.1) is 0 Å². The molecule has 0 radical (unpaired) electrons. The maximum atomic E-state index is 12.7.